The Labute approximate surface area is 220 Å². The van der Waals surface area contributed by atoms with Crippen molar-refractivity contribution in [3.05, 3.63) is 76.3 Å². The highest BCUT2D eigenvalue weighted by Crippen LogP contribution is 2.39. The summed E-state index contributed by atoms with van der Waals surface area (Å²) in [6.07, 6.45) is 3.91. The number of hydrogen-bond acceptors (Lipinski definition) is 4. The van der Waals surface area contributed by atoms with Crippen LogP contribution in [0.4, 0.5) is 4.39 Å². The number of allylic oxidation sites excluding steroid dienone is 3. The summed E-state index contributed by atoms with van der Waals surface area (Å²) in [5, 5.41) is 7.64. The molecule has 10 heteroatoms. The standard InChI is InChI=1S/C26H26Cl2FNO5S/c1-25(2)9-8-19-12-22(6-7-23(19)35-25)36(33,34)30(16-24(31)32)15-17-10-20(14-26(28,29)13-17)18-4-3-5-21(27)11-18/h3-7,10-12,14H,8-9,13,15-16H2,1-2H3,(H,31,32). The predicted octanol–water partition coefficient (Wildman–Crippen LogP) is 5.84. The first-order valence-corrected chi connectivity index (χ1v) is 13.5. The van der Waals surface area contributed by atoms with E-state index in [2.05, 4.69) is 0 Å². The van der Waals surface area contributed by atoms with Crippen LogP contribution in [0.3, 0.4) is 0 Å². The molecule has 0 saturated heterocycles. The van der Waals surface area contributed by atoms with Gasteiger partial charge >= 0.3 is 5.97 Å². The zero-order chi connectivity index (χ0) is 26.3. The van der Waals surface area contributed by atoms with E-state index in [1.54, 1.807) is 36.4 Å². The Balaban J connectivity index is 1.67. The molecular weight excluding hydrogens is 528 g/mol. The first kappa shape index (κ1) is 26.7. The van der Waals surface area contributed by atoms with Gasteiger partial charge in [0.1, 0.15) is 17.9 Å². The van der Waals surface area contributed by atoms with E-state index in [4.69, 9.17) is 27.9 Å². The molecule has 1 unspecified atom stereocenters. The van der Waals surface area contributed by atoms with Crippen LogP contribution < -0.4 is 4.74 Å². The summed E-state index contributed by atoms with van der Waals surface area (Å²) in [6.45, 7) is 2.78. The van der Waals surface area contributed by atoms with E-state index in [1.165, 1.54) is 18.2 Å². The Hall–Kier alpha value is -2.39. The van der Waals surface area contributed by atoms with Crippen molar-refractivity contribution in [2.75, 3.05) is 13.1 Å². The van der Waals surface area contributed by atoms with Crippen LogP contribution in [0, 0.1) is 0 Å². The van der Waals surface area contributed by atoms with Gasteiger partial charge in [-0.3, -0.25) is 4.79 Å². The molecule has 1 aliphatic carbocycles. The Morgan fingerprint density at radius 1 is 1.22 bits per heavy atom. The van der Waals surface area contributed by atoms with Crippen LogP contribution in [-0.4, -0.2) is 47.6 Å². The third-order valence-corrected chi connectivity index (χ3v) is 8.36. The van der Waals surface area contributed by atoms with E-state index in [0.717, 1.165) is 9.87 Å². The molecule has 0 spiro atoms. The van der Waals surface area contributed by atoms with Crippen LogP contribution in [-0.2, 0) is 21.2 Å². The number of rotatable bonds is 7. The monoisotopic (exact) mass is 553 g/mol. The lowest BCUT2D eigenvalue weighted by molar-refractivity contribution is -0.137. The van der Waals surface area contributed by atoms with E-state index in [0.29, 0.717) is 40.3 Å². The van der Waals surface area contributed by atoms with Gasteiger partial charge < -0.3 is 9.84 Å². The molecule has 1 atom stereocenters. The quantitative estimate of drug-likeness (QED) is 0.435. The number of halogens is 3. The molecule has 0 aromatic heterocycles. The average molecular weight is 554 g/mol. The van der Waals surface area contributed by atoms with Gasteiger partial charge in [-0.25, -0.2) is 12.8 Å². The van der Waals surface area contributed by atoms with Crippen LogP contribution in [0.1, 0.15) is 37.8 Å². The molecular formula is C26H26Cl2FNO5S. The fourth-order valence-corrected chi connectivity index (χ4v) is 6.30. The minimum Gasteiger partial charge on any atom is -0.488 e. The number of carboxylic acids is 1. The number of hydrogen-bond donors (Lipinski definition) is 1. The minimum atomic E-state index is -4.23. The second kappa shape index (κ2) is 9.82. The van der Waals surface area contributed by atoms with Crippen molar-refractivity contribution in [3.8, 4) is 5.75 Å². The summed E-state index contributed by atoms with van der Waals surface area (Å²) in [7, 11) is -4.23. The van der Waals surface area contributed by atoms with Crippen LogP contribution in [0.15, 0.2) is 65.1 Å². The number of carboxylic acid groups (broad SMARTS) is 1. The average Bonchev–Trinajstić information content (AvgIpc) is 2.76. The SMILES string of the molecule is CC1(C)CCc2cc(S(=O)(=O)N(CC(=O)O)CC3=CC(c4cccc(Cl)c4)=CC(F)(Cl)C3)ccc2O1. The van der Waals surface area contributed by atoms with Gasteiger partial charge in [0.05, 0.1) is 4.90 Å². The van der Waals surface area contributed by atoms with Gasteiger partial charge in [-0.1, -0.05) is 41.4 Å². The van der Waals surface area contributed by atoms with E-state index >= 15 is 4.39 Å². The molecule has 0 amide bonds. The predicted molar refractivity (Wildman–Crippen MR) is 138 cm³/mol. The molecule has 2 aliphatic rings. The van der Waals surface area contributed by atoms with Crippen LogP contribution >= 0.6 is 23.2 Å². The Bertz CT molecular complexity index is 1370. The second-order valence-electron chi connectivity index (χ2n) is 9.65. The highest BCUT2D eigenvalue weighted by molar-refractivity contribution is 7.89. The highest BCUT2D eigenvalue weighted by atomic mass is 35.5. The number of aryl methyl sites for hydroxylation is 1. The van der Waals surface area contributed by atoms with Crippen LogP contribution in [0.5, 0.6) is 5.75 Å². The molecule has 0 bridgehead atoms. The van der Waals surface area contributed by atoms with Crippen molar-refractivity contribution in [2.45, 2.75) is 48.7 Å². The van der Waals surface area contributed by atoms with E-state index < -0.39 is 27.7 Å². The van der Waals surface area contributed by atoms with E-state index in [1.807, 2.05) is 13.8 Å². The number of nitrogens with zero attached hydrogens (tertiary/aromatic N) is 1. The molecule has 192 valence electrons. The van der Waals surface area contributed by atoms with Crippen LogP contribution in [0.25, 0.3) is 5.57 Å². The third-order valence-electron chi connectivity index (χ3n) is 6.09. The Morgan fingerprint density at radius 2 is 1.97 bits per heavy atom. The maximum Gasteiger partial charge on any atom is 0.318 e. The number of fused-ring (bicyclic) bond motifs is 1. The fraction of sp³-hybridized carbons (Fsp3) is 0.346. The largest absolute Gasteiger partial charge is 0.488 e. The summed E-state index contributed by atoms with van der Waals surface area (Å²) >= 11 is 12.1. The highest BCUT2D eigenvalue weighted by Gasteiger charge is 2.35. The number of sulfonamides is 1. The smallest absolute Gasteiger partial charge is 0.318 e. The second-order valence-corrected chi connectivity index (χ2v) is 12.7. The van der Waals surface area contributed by atoms with Gasteiger partial charge in [0.25, 0.3) is 0 Å². The lowest BCUT2D eigenvalue weighted by Crippen LogP contribution is -2.38. The van der Waals surface area contributed by atoms with Crippen molar-refractivity contribution in [1.82, 2.24) is 4.31 Å². The third kappa shape index (κ3) is 6.11. The summed E-state index contributed by atoms with van der Waals surface area (Å²) in [5.74, 6) is -0.730. The molecule has 0 fully saturated rings. The van der Waals surface area contributed by atoms with Crippen molar-refractivity contribution in [2.24, 2.45) is 0 Å². The van der Waals surface area contributed by atoms with Gasteiger partial charge in [-0.15, -0.1) is 0 Å². The Kier molecular flexibility index (Phi) is 7.27. The summed E-state index contributed by atoms with van der Waals surface area (Å²) in [5.41, 5.74) is 1.74. The molecule has 0 saturated carbocycles. The van der Waals surface area contributed by atoms with E-state index in [-0.39, 0.29) is 23.5 Å². The first-order valence-electron chi connectivity index (χ1n) is 11.3. The zero-order valence-corrected chi connectivity index (χ0v) is 22.1. The molecule has 4 rings (SSSR count). The number of alkyl halides is 2. The molecule has 1 heterocycles. The molecule has 6 nitrogen and oxygen atoms in total. The van der Waals surface area contributed by atoms with Crippen molar-refractivity contribution in [1.29, 1.82) is 0 Å². The minimum absolute atomic E-state index is 0.0507. The first-order chi connectivity index (χ1) is 16.7. The van der Waals surface area contributed by atoms with E-state index in [9.17, 15) is 18.3 Å². The lowest BCUT2D eigenvalue weighted by atomic mass is 9.93. The topological polar surface area (TPSA) is 83.9 Å². The number of carbonyl (C=O) groups is 1. The Morgan fingerprint density at radius 3 is 2.67 bits per heavy atom. The van der Waals surface area contributed by atoms with Gasteiger partial charge in [-0.2, -0.15) is 4.31 Å². The van der Waals surface area contributed by atoms with Gasteiger partial charge in [0.2, 0.25) is 15.2 Å². The van der Waals surface area contributed by atoms with Gasteiger partial charge in [0.15, 0.2) is 0 Å². The zero-order valence-electron chi connectivity index (χ0n) is 19.8. The molecule has 2 aromatic carbocycles. The number of benzene rings is 2. The summed E-state index contributed by atoms with van der Waals surface area (Å²) in [6, 6.07) is 11.3. The normalized spacial score (nSPS) is 21.3. The summed E-state index contributed by atoms with van der Waals surface area (Å²) in [4.78, 5) is 11.6. The molecule has 1 aliphatic heterocycles. The maximum absolute atomic E-state index is 15.1. The molecule has 1 N–H and O–H groups in total. The van der Waals surface area contributed by atoms with Crippen molar-refractivity contribution < 1.29 is 27.4 Å². The van der Waals surface area contributed by atoms with Crippen LogP contribution in [0.2, 0.25) is 5.02 Å². The molecule has 36 heavy (non-hydrogen) atoms. The van der Waals surface area contributed by atoms with Crippen molar-refractivity contribution >= 4 is 44.8 Å². The summed E-state index contributed by atoms with van der Waals surface area (Å²) < 4.78 is 48.9. The maximum atomic E-state index is 15.1. The number of aliphatic carboxylic acids is 1. The lowest BCUT2D eigenvalue weighted by Gasteiger charge is -2.33. The molecule has 2 aromatic rings. The van der Waals surface area contributed by atoms with Crippen molar-refractivity contribution in [3.63, 3.8) is 0 Å². The molecule has 0 radical (unpaired) electrons. The number of ether oxygens (including phenoxy) is 1. The fourth-order valence-electron chi connectivity index (χ4n) is 4.38. The van der Waals surface area contributed by atoms with Gasteiger partial charge in [-0.05, 0) is 85.4 Å². The van der Waals surface area contributed by atoms with Gasteiger partial charge in [0, 0.05) is 18.0 Å².